The molecule has 2 aromatic carbocycles. The van der Waals surface area contributed by atoms with E-state index in [1.54, 1.807) is 48.5 Å². The van der Waals surface area contributed by atoms with Gasteiger partial charge in [0.25, 0.3) is 11.5 Å². The molecule has 0 saturated carbocycles. The van der Waals surface area contributed by atoms with Gasteiger partial charge in [-0.2, -0.15) is 5.26 Å². The van der Waals surface area contributed by atoms with Crippen LogP contribution in [0.3, 0.4) is 0 Å². The number of nitrogens with zero attached hydrogens (tertiary/aromatic N) is 3. The molecule has 2 heterocycles. The Hall–Kier alpha value is -4.75. The predicted molar refractivity (Wildman–Crippen MR) is 126 cm³/mol. The van der Waals surface area contributed by atoms with Crippen LogP contribution in [0.1, 0.15) is 11.3 Å². The summed E-state index contributed by atoms with van der Waals surface area (Å²) in [6.07, 6.45) is 2.79. The van der Waals surface area contributed by atoms with Crippen LogP contribution in [-0.4, -0.2) is 31.6 Å². The van der Waals surface area contributed by atoms with E-state index in [0.717, 1.165) is 0 Å². The minimum absolute atomic E-state index is 0.102. The maximum absolute atomic E-state index is 12.4. The zero-order valence-electron chi connectivity index (χ0n) is 17.4. The number of nitrogens with one attached hydrogen (secondary N) is 4. The van der Waals surface area contributed by atoms with Gasteiger partial charge in [-0.3, -0.25) is 19.4 Å². The molecule has 0 saturated heterocycles. The van der Waals surface area contributed by atoms with E-state index in [0.29, 0.717) is 27.7 Å². The zero-order valence-corrected chi connectivity index (χ0v) is 18.2. The molecule has 0 atom stereocenters. The molecule has 0 aliphatic heterocycles. The number of hydrogen-bond acceptors (Lipinski definition) is 7. The van der Waals surface area contributed by atoms with Crippen LogP contribution < -0.4 is 16.2 Å². The second-order valence-electron chi connectivity index (χ2n) is 7.09. The topological polar surface area (TPSA) is 156 Å². The largest absolute Gasteiger partial charge is 0.348 e. The standard InChI is InChI=1S/C23H16ClN7O3/c24-14-3-7-16(8-4-14)29-23-30-20(18(10-25)21(33)31-23)13-1-5-15(6-2-13)28-22(34)19(32)9-17-11-26-12-27-17/h1-8,11-12H,9H2,(H,26,27)(H,28,34)(H2,29,30,31,33). The van der Waals surface area contributed by atoms with Gasteiger partial charge in [-0.1, -0.05) is 23.7 Å². The van der Waals surface area contributed by atoms with Gasteiger partial charge in [0.05, 0.1) is 18.4 Å². The number of ketones is 1. The fourth-order valence-electron chi connectivity index (χ4n) is 3.06. The highest BCUT2D eigenvalue weighted by Crippen LogP contribution is 2.23. The van der Waals surface area contributed by atoms with Gasteiger partial charge in [0.1, 0.15) is 11.6 Å². The molecule has 168 valence electrons. The summed E-state index contributed by atoms with van der Waals surface area (Å²) in [4.78, 5) is 50.2. The number of hydrogen-bond donors (Lipinski definition) is 4. The second-order valence-corrected chi connectivity index (χ2v) is 7.53. The number of aromatic nitrogens is 4. The molecule has 11 heteroatoms. The lowest BCUT2D eigenvalue weighted by atomic mass is 10.1. The molecule has 34 heavy (non-hydrogen) atoms. The Balaban J connectivity index is 1.54. The Labute approximate surface area is 197 Å². The molecule has 0 bridgehead atoms. The van der Waals surface area contributed by atoms with Crippen LogP contribution in [0.25, 0.3) is 11.3 Å². The van der Waals surface area contributed by atoms with Crippen molar-refractivity contribution in [1.82, 2.24) is 19.9 Å². The summed E-state index contributed by atoms with van der Waals surface area (Å²) in [7, 11) is 0. The second kappa shape index (κ2) is 9.81. The molecule has 10 nitrogen and oxygen atoms in total. The highest BCUT2D eigenvalue weighted by atomic mass is 35.5. The molecule has 4 N–H and O–H groups in total. The number of benzene rings is 2. The fraction of sp³-hybridized carbons (Fsp3) is 0.0435. The van der Waals surface area contributed by atoms with Gasteiger partial charge in [-0.05, 0) is 36.4 Å². The van der Waals surface area contributed by atoms with Crippen LogP contribution in [0.2, 0.25) is 5.02 Å². The number of carbonyl (C=O) groups excluding carboxylic acids is 2. The van der Waals surface area contributed by atoms with E-state index in [2.05, 4.69) is 30.6 Å². The number of imidazole rings is 1. The fourth-order valence-corrected chi connectivity index (χ4v) is 3.19. The average Bonchev–Trinajstić information content (AvgIpc) is 3.34. The Morgan fingerprint density at radius 1 is 1.06 bits per heavy atom. The summed E-state index contributed by atoms with van der Waals surface area (Å²) < 4.78 is 0. The van der Waals surface area contributed by atoms with Crippen molar-refractivity contribution in [2.75, 3.05) is 10.6 Å². The minimum atomic E-state index is -0.774. The molecule has 4 aromatic rings. The Kier molecular flexibility index (Phi) is 6.47. The SMILES string of the molecule is N#Cc1c(-c2ccc(NC(=O)C(=O)Cc3cnc[nH]3)cc2)nc(Nc2ccc(Cl)cc2)[nH]c1=O. The smallest absolute Gasteiger partial charge is 0.292 e. The lowest BCUT2D eigenvalue weighted by Gasteiger charge is -2.10. The number of halogens is 1. The normalized spacial score (nSPS) is 10.4. The maximum Gasteiger partial charge on any atom is 0.292 e. The first-order valence-corrected chi connectivity index (χ1v) is 10.3. The van der Waals surface area contributed by atoms with Crippen molar-refractivity contribution in [2.24, 2.45) is 0 Å². The van der Waals surface area contributed by atoms with Gasteiger partial charge in [0, 0.05) is 33.9 Å². The van der Waals surface area contributed by atoms with Crippen LogP contribution in [0.15, 0.2) is 65.8 Å². The minimum Gasteiger partial charge on any atom is -0.348 e. The number of Topliss-reactive ketones (excluding diaryl/α,β-unsaturated/α-hetero) is 1. The van der Waals surface area contributed by atoms with Crippen LogP contribution in [0, 0.1) is 11.3 Å². The molecule has 2 aromatic heterocycles. The van der Waals surface area contributed by atoms with E-state index < -0.39 is 17.2 Å². The molecule has 0 fully saturated rings. The van der Waals surface area contributed by atoms with Crippen molar-refractivity contribution in [1.29, 1.82) is 5.26 Å². The number of carbonyl (C=O) groups is 2. The summed E-state index contributed by atoms with van der Waals surface area (Å²) in [6, 6.07) is 14.9. The van der Waals surface area contributed by atoms with E-state index in [1.807, 2.05) is 6.07 Å². The summed E-state index contributed by atoms with van der Waals surface area (Å²) in [5.41, 5.74) is 1.41. The van der Waals surface area contributed by atoms with Gasteiger partial charge in [-0.15, -0.1) is 0 Å². The van der Waals surface area contributed by atoms with E-state index in [-0.39, 0.29) is 23.6 Å². The number of aromatic amines is 2. The molecule has 0 aliphatic carbocycles. The van der Waals surface area contributed by atoms with Crippen molar-refractivity contribution in [3.8, 4) is 17.3 Å². The highest BCUT2D eigenvalue weighted by Gasteiger charge is 2.17. The molecule has 0 aliphatic rings. The zero-order chi connectivity index (χ0) is 24.1. The monoisotopic (exact) mass is 473 g/mol. The summed E-state index contributed by atoms with van der Waals surface area (Å²) in [5.74, 6) is -1.26. The molecular formula is C23H16ClN7O3. The number of rotatable bonds is 7. The molecular weight excluding hydrogens is 458 g/mol. The summed E-state index contributed by atoms with van der Waals surface area (Å²) in [6.45, 7) is 0. The Bertz CT molecular complexity index is 1440. The van der Waals surface area contributed by atoms with Crippen molar-refractivity contribution in [2.45, 2.75) is 6.42 Å². The Morgan fingerprint density at radius 3 is 2.41 bits per heavy atom. The first-order valence-electron chi connectivity index (χ1n) is 9.92. The Morgan fingerprint density at radius 2 is 1.76 bits per heavy atom. The first-order chi connectivity index (χ1) is 16.4. The molecule has 0 spiro atoms. The quantitative estimate of drug-likeness (QED) is 0.300. The third-order valence-corrected chi connectivity index (χ3v) is 4.97. The van der Waals surface area contributed by atoms with Crippen LogP contribution in [0.4, 0.5) is 17.3 Å². The van der Waals surface area contributed by atoms with Gasteiger partial charge in [0.15, 0.2) is 0 Å². The number of amides is 1. The van der Waals surface area contributed by atoms with Gasteiger partial charge < -0.3 is 15.6 Å². The highest BCUT2D eigenvalue weighted by molar-refractivity contribution is 6.41. The third kappa shape index (κ3) is 5.17. The van der Waals surface area contributed by atoms with Crippen molar-refractivity contribution in [3.05, 3.63) is 87.7 Å². The van der Waals surface area contributed by atoms with E-state index in [4.69, 9.17) is 11.6 Å². The van der Waals surface area contributed by atoms with E-state index in [9.17, 15) is 19.6 Å². The van der Waals surface area contributed by atoms with Crippen LogP contribution >= 0.6 is 11.6 Å². The van der Waals surface area contributed by atoms with Gasteiger partial charge in [0.2, 0.25) is 11.7 Å². The van der Waals surface area contributed by atoms with Gasteiger partial charge >= 0.3 is 0 Å². The molecule has 0 unspecified atom stereocenters. The van der Waals surface area contributed by atoms with Crippen LogP contribution in [-0.2, 0) is 16.0 Å². The van der Waals surface area contributed by atoms with Crippen molar-refractivity contribution >= 4 is 40.6 Å². The molecule has 1 amide bonds. The van der Waals surface area contributed by atoms with Crippen molar-refractivity contribution in [3.63, 3.8) is 0 Å². The van der Waals surface area contributed by atoms with E-state index >= 15 is 0 Å². The number of nitriles is 1. The number of anilines is 3. The van der Waals surface area contributed by atoms with E-state index in [1.165, 1.54) is 12.5 Å². The lowest BCUT2D eigenvalue weighted by Crippen LogP contribution is -2.24. The van der Waals surface area contributed by atoms with Crippen molar-refractivity contribution < 1.29 is 9.59 Å². The molecule has 4 rings (SSSR count). The summed E-state index contributed by atoms with van der Waals surface area (Å²) in [5, 5.41) is 15.5. The summed E-state index contributed by atoms with van der Waals surface area (Å²) >= 11 is 5.89. The number of H-pyrrole nitrogens is 2. The maximum atomic E-state index is 12.4. The first kappa shape index (κ1) is 22.4. The van der Waals surface area contributed by atoms with Gasteiger partial charge in [-0.25, -0.2) is 9.97 Å². The third-order valence-electron chi connectivity index (χ3n) is 4.71. The molecule has 0 radical (unpaired) electrons. The lowest BCUT2D eigenvalue weighted by molar-refractivity contribution is -0.134. The predicted octanol–water partition coefficient (Wildman–Crippen LogP) is 3.18. The average molecular weight is 474 g/mol. The van der Waals surface area contributed by atoms with Crippen LogP contribution in [0.5, 0.6) is 0 Å².